The second kappa shape index (κ2) is 14.2. The molecule has 6 nitrogen and oxygen atoms in total. The van der Waals surface area contributed by atoms with Gasteiger partial charge in [0.05, 0.1) is 30.8 Å². The number of carbonyl (C=O) groups is 1. The molecule has 2 rings (SSSR count). The first-order valence-corrected chi connectivity index (χ1v) is 16.3. The van der Waals surface area contributed by atoms with Crippen LogP contribution in [0.3, 0.4) is 0 Å². The van der Waals surface area contributed by atoms with Crippen molar-refractivity contribution in [3.8, 4) is 0 Å². The van der Waals surface area contributed by atoms with E-state index in [1.165, 1.54) is 53.2 Å². The van der Waals surface area contributed by atoms with E-state index in [4.69, 9.17) is 18.3 Å². The Morgan fingerprint density at radius 1 is 0.973 bits per heavy atom. The lowest BCUT2D eigenvalue weighted by atomic mass is 9.82. The van der Waals surface area contributed by atoms with Crippen LogP contribution in [0.2, 0.25) is 0 Å². The lowest BCUT2D eigenvalue weighted by Gasteiger charge is -2.33. The van der Waals surface area contributed by atoms with Crippen molar-refractivity contribution < 1.29 is 27.7 Å². The van der Waals surface area contributed by atoms with Crippen molar-refractivity contribution >= 4 is 36.4 Å². The number of esters is 1. The van der Waals surface area contributed by atoms with Crippen LogP contribution in [0.5, 0.6) is 0 Å². The molecule has 0 aliphatic carbocycles. The molecular weight excluding hydrogens is 602 g/mol. The van der Waals surface area contributed by atoms with Gasteiger partial charge in [0.15, 0.2) is 0 Å². The smallest absolute Gasteiger partial charge is 0.465 e. The number of carbonyl (C=O) groups excluding carboxylic acids is 1. The van der Waals surface area contributed by atoms with Crippen LogP contribution >= 0.6 is 30.4 Å². The van der Waals surface area contributed by atoms with Crippen LogP contribution in [0.4, 0.5) is 0 Å². The summed E-state index contributed by atoms with van der Waals surface area (Å²) in [5, 5.41) is 0. The van der Waals surface area contributed by atoms with E-state index < -0.39 is 24.4 Å². The van der Waals surface area contributed by atoms with Gasteiger partial charge in [-0.25, -0.2) is 4.57 Å². The third-order valence-corrected chi connectivity index (χ3v) is 9.21. The predicted molar refractivity (Wildman–Crippen MR) is 158 cm³/mol. The number of unbranched alkanes of at least 4 members (excludes halogenated alkanes) is 5. The van der Waals surface area contributed by atoms with E-state index in [1.807, 2.05) is 41.5 Å². The van der Waals surface area contributed by atoms with Crippen molar-refractivity contribution in [3.05, 3.63) is 32.9 Å². The molecule has 1 fully saturated rings. The van der Waals surface area contributed by atoms with E-state index >= 15 is 0 Å². The second-order valence-corrected chi connectivity index (χ2v) is 15.1. The van der Waals surface area contributed by atoms with Gasteiger partial charge in [-0.1, -0.05) is 51.2 Å². The van der Waals surface area contributed by atoms with Crippen molar-refractivity contribution in [3.63, 3.8) is 0 Å². The zero-order valence-electron chi connectivity index (χ0n) is 24.0. The van der Waals surface area contributed by atoms with Crippen LogP contribution < -0.4 is 0 Å². The molecule has 0 radical (unpaired) electrons. The van der Waals surface area contributed by atoms with Crippen molar-refractivity contribution in [2.75, 3.05) is 13.2 Å². The van der Waals surface area contributed by atoms with Gasteiger partial charge in [-0.05, 0) is 107 Å². The minimum atomic E-state index is -3.88. The fourth-order valence-corrected chi connectivity index (χ4v) is 7.15. The Hall–Kier alpha value is -0.470. The summed E-state index contributed by atoms with van der Waals surface area (Å²) in [5.41, 5.74) is 0.609. The molecule has 1 heterocycles. The molecule has 0 N–H and O–H groups in total. The van der Waals surface area contributed by atoms with Crippen LogP contribution in [0.15, 0.2) is 18.2 Å². The van der Waals surface area contributed by atoms with E-state index in [1.54, 1.807) is 0 Å². The topological polar surface area (TPSA) is 71.1 Å². The van der Waals surface area contributed by atoms with Gasteiger partial charge < -0.3 is 4.74 Å². The molecule has 8 heteroatoms. The van der Waals surface area contributed by atoms with Crippen molar-refractivity contribution in [2.24, 2.45) is 5.41 Å². The Morgan fingerprint density at radius 3 is 2.14 bits per heavy atom. The molecule has 1 saturated heterocycles. The second-order valence-electron chi connectivity index (χ2n) is 12.4. The van der Waals surface area contributed by atoms with E-state index in [2.05, 4.69) is 47.7 Å². The lowest BCUT2D eigenvalue weighted by Crippen LogP contribution is -2.31. The molecule has 0 saturated carbocycles. The summed E-state index contributed by atoms with van der Waals surface area (Å²) in [4.78, 5) is 12.1. The van der Waals surface area contributed by atoms with E-state index in [-0.39, 0.29) is 25.6 Å². The van der Waals surface area contributed by atoms with Crippen LogP contribution in [-0.2, 0) is 40.5 Å². The number of halogens is 1. The zero-order chi connectivity index (χ0) is 27.7. The third kappa shape index (κ3) is 12.5. The molecule has 1 aliphatic heterocycles. The maximum Gasteiger partial charge on any atom is 0.475 e. The monoisotopic (exact) mass is 650 g/mol. The van der Waals surface area contributed by atoms with E-state index in [0.29, 0.717) is 6.42 Å². The lowest BCUT2D eigenvalue weighted by molar-refractivity contribution is -0.137. The summed E-state index contributed by atoms with van der Waals surface area (Å²) in [6, 6.07) is 6.68. The zero-order valence-corrected chi connectivity index (χ0v) is 27.0. The molecule has 1 atom stereocenters. The molecule has 1 aliphatic rings. The van der Waals surface area contributed by atoms with Gasteiger partial charge in [-0.3, -0.25) is 18.4 Å². The summed E-state index contributed by atoms with van der Waals surface area (Å²) in [6.45, 7) is 13.4. The number of benzene rings is 1. The largest absolute Gasteiger partial charge is 0.475 e. The summed E-state index contributed by atoms with van der Waals surface area (Å²) < 4.78 is 37.6. The Kier molecular flexibility index (Phi) is 12.6. The van der Waals surface area contributed by atoms with Gasteiger partial charge >= 0.3 is 13.8 Å². The Morgan fingerprint density at radius 2 is 1.59 bits per heavy atom. The summed E-state index contributed by atoms with van der Waals surface area (Å²) in [7, 11) is -3.88. The third-order valence-electron chi connectivity index (χ3n) is 6.22. The molecule has 0 spiro atoms. The molecular formula is C29H48IO6P. The van der Waals surface area contributed by atoms with Crippen LogP contribution in [-0.4, -0.2) is 30.4 Å². The first-order valence-electron chi connectivity index (χ1n) is 13.7. The van der Waals surface area contributed by atoms with Crippen molar-refractivity contribution in [1.29, 1.82) is 0 Å². The van der Waals surface area contributed by atoms with Gasteiger partial charge in [-0.2, -0.15) is 0 Å². The highest BCUT2D eigenvalue weighted by molar-refractivity contribution is 14.1. The fraction of sp³-hybridized carbons (Fsp3) is 0.759. The van der Waals surface area contributed by atoms with Gasteiger partial charge in [0, 0.05) is 8.99 Å². The molecule has 0 aromatic heterocycles. The number of hydrogen-bond donors (Lipinski definition) is 0. The average molecular weight is 651 g/mol. The van der Waals surface area contributed by atoms with E-state index in [9.17, 15) is 9.36 Å². The first-order chi connectivity index (χ1) is 17.1. The molecule has 1 aromatic carbocycles. The number of aryl methyl sites for hydroxylation is 2. The van der Waals surface area contributed by atoms with Gasteiger partial charge in [0.25, 0.3) is 0 Å². The number of hydrogen-bond acceptors (Lipinski definition) is 6. The number of cyclic esters (lactones) is 1. The molecule has 1 aromatic rings. The number of ether oxygens (including phenoxy) is 1. The molecule has 0 amide bonds. The van der Waals surface area contributed by atoms with Gasteiger partial charge in [-0.15, -0.1) is 0 Å². The number of phosphoric ester groups is 1. The number of phosphoric acid groups is 1. The quantitative estimate of drug-likeness (QED) is 0.0818. The maximum atomic E-state index is 13.5. The highest BCUT2D eigenvalue weighted by atomic mass is 127. The summed E-state index contributed by atoms with van der Waals surface area (Å²) in [5.74, 6) is -0.254. The average Bonchev–Trinajstić information content (AvgIpc) is 3.13. The van der Waals surface area contributed by atoms with Crippen molar-refractivity contribution in [2.45, 2.75) is 124 Å². The Bertz CT molecular complexity index is 900. The molecule has 212 valence electrons. The summed E-state index contributed by atoms with van der Waals surface area (Å²) in [6.07, 6.45) is 10.6. The normalized spacial score (nSPS) is 18.9. The SMILES string of the molecule is CCCCCCCCc1ccc(CCC2(COP(=O)(OC(C)(C)C)OC(C)(C)C)COC(=O)C2)cc1I. The predicted octanol–water partition coefficient (Wildman–Crippen LogP) is 8.82. The fourth-order valence-electron chi connectivity index (χ4n) is 4.38. The highest BCUT2D eigenvalue weighted by Gasteiger charge is 2.45. The number of rotatable bonds is 15. The van der Waals surface area contributed by atoms with Crippen LogP contribution in [0.25, 0.3) is 0 Å². The minimum absolute atomic E-state index is 0.0649. The highest BCUT2D eigenvalue weighted by Crippen LogP contribution is 2.56. The van der Waals surface area contributed by atoms with E-state index in [0.717, 1.165) is 12.8 Å². The summed E-state index contributed by atoms with van der Waals surface area (Å²) >= 11 is 2.43. The molecule has 0 bridgehead atoms. The van der Waals surface area contributed by atoms with Crippen LogP contribution in [0, 0.1) is 8.99 Å². The standard InChI is InChI=1S/C29H48IO6P/c1-8-9-10-11-12-13-14-24-16-15-23(19-25(24)30)17-18-29(20-26(31)33-21-29)22-34-37(32,35-27(2,3)4)36-28(5,6)7/h15-16,19H,8-14,17-18,20-22H2,1-7H3. The van der Waals surface area contributed by atoms with Crippen molar-refractivity contribution in [1.82, 2.24) is 0 Å². The maximum absolute atomic E-state index is 13.5. The minimum Gasteiger partial charge on any atom is -0.465 e. The van der Waals surface area contributed by atoms with Gasteiger partial charge in [0.2, 0.25) is 0 Å². The Labute approximate surface area is 238 Å². The van der Waals surface area contributed by atoms with Crippen LogP contribution in [0.1, 0.15) is 111 Å². The Balaban J connectivity index is 2.02. The molecule has 1 unspecified atom stereocenters. The first kappa shape index (κ1) is 32.7. The molecule has 37 heavy (non-hydrogen) atoms. The van der Waals surface area contributed by atoms with Gasteiger partial charge in [0.1, 0.15) is 0 Å².